The number of aromatic nitrogens is 3. The third-order valence-corrected chi connectivity index (χ3v) is 6.66. The van der Waals surface area contributed by atoms with Gasteiger partial charge < -0.3 is 5.32 Å². The Bertz CT molecular complexity index is 1070. The van der Waals surface area contributed by atoms with Crippen LogP contribution in [0.15, 0.2) is 53.3 Å². The summed E-state index contributed by atoms with van der Waals surface area (Å²) in [5.74, 6) is 0.906. The molecule has 0 fully saturated rings. The Hall–Kier alpha value is -2.15. The number of allylic oxidation sites excluding steroid dienone is 2. The number of ketones is 1. The molecule has 2 atom stereocenters. The molecule has 136 valence electrons. The standard InChI is InChI=1S/C19H14Cl2N4OS/c20-11-3-4-12(13(21)8-11)18-17-14(24-19-22-9-23-25(18)19)6-10(7-15(17)26)16-2-1-5-27-16/h1-5,8-10,18H,6-7H2,(H,22,23,24)/t10-,18+/m0/s1. The van der Waals surface area contributed by atoms with E-state index in [1.165, 1.54) is 11.2 Å². The van der Waals surface area contributed by atoms with Gasteiger partial charge in [-0.05, 0) is 30.0 Å². The predicted octanol–water partition coefficient (Wildman–Crippen LogP) is 5.06. The Morgan fingerprint density at radius 3 is 2.89 bits per heavy atom. The maximum Gasteiger partial charge on any atom is 0.226 e. The summed E-state index contributed by atoms with van der Waals surface area (Å²) < 4.78 is 1.72. The summed E-state index contributed by atoms with van der Waals surface area (Å²) in [4.78, 5) is 18.7. The summed E-state index contributed by atoms with van der Waals surface area (Å²) in [7, 11) is 0. The van der Waals surface area contributed by atoms with E-state index in [9.17, 15) is 4.79 Å². The van der Waals surface area contributed by atoms with Crippen molar-refractivity contribution in [3.05, 3.63) is 73.8 Å². The number of anilines is 1. The van der Waals surface area contributed by atoms with Crippen molar-refractivity contribution in [1.29, 1.82) is 0 Å². The summed E-state index contributed by atoms with van der Waals surface area (Å²) >= 11 is 14.2. The van der Waals surface area contributed by atoms with Crippen LogP contribution in [0.25, 0.3) is 0 Å². The van der Waals surface area contributed by atoms with Gasteiger partial charge in [-0.25, -0.2) is 4.68 Å². The van der Waals surface area contributed by atoms with Crippen LogP contribution in [-0.2, 0) is 4.79 Å². The van der Waals surface area contributed by atoms with E-state index in [0.29, 0.717) is 28.0 Å². The minimum absolute atomic E-state index is 0.110. The zero-order valence-electron chi connectivity index (χ0n) is 14.0. The molecule has 0 radical (unpaired) electrons. The van der Waals surface area contributed by atoms with Gasteiger partial charge in [0.05, 0.1) is 0 Å². The molecular formula is C19H14Cl2N4OS. The van der Waals surface area contributed by atoms with Gasteiger partial charge >= 0.3 is 0 Å². The number of halogens is 2. The van der Waals surface area contributed by atoms with Crippen LogP contribution in [0.3, 0.4) is 0 Å². The number of fused-ring (bicyclic) bond motifs is 1. The van der Waals surface area contributed by atoms with Crippen LogP contribution in [0.2, 0.25) is 10.0 Å². The number of rotatable bonds is 2. The topological polar surface area (TPSA) is 59.8 Å². The fourth-order valence-corrected chi connectivity index (χ4v) is 5.23. The van der Waals surface area contributed by atoms with Crippen LogP contribution >= 0.6 is 34.5 Å². The summed E-state index contributed by atoms with van der Waals surface area (Å²) in [6.07, 6.45) is 2.72. The molecule has 8 heteroatoms. The van der Waals surface area contributed by atoms with Gasteiger partial charge in [-0.15, -0.1) is 11.3 Å². The highest BCUT2D eigenvalue weighted by atomic mass is 35.5. The Kier molecular flexibility index (Phi) is 4.07. The molecule has 2 aromatic heterocycles. The Balaban J connectivity index is 1.65. The summed E-state index contributed by atoms with van der Waals surface area (Å²) in [6.45, 7) is 0. The lowest BCUT2D eigenvalue weighted by Gasteiger charge is -2.35. The number of Topliss-reactive ketones (excluding diaryl/α,β-unsaturated/α-hetero) is 1. The second kappa shape index (κ2) is 6.48. The molecule has 0 unspecified atom stereocenters. The van der Waals surface area contributed by atoms with E-state index in [0.717, 1.165) is 17.7 Å². The van der Waals surface area contributed by atoms with Gasteiger partial charge in [0.25, 0.3) is 0 Å². The molecular weight excluding hydrogens is 403 g/mol. The molecule has 0 saturated carbocycles. The van der Waals surface area contributed by atoms with Crippen LogP contribution < -0.4 is 5.32 Å². The number of carbonyl (C=O) groups excluding carboxylic acids is 1. The average Bonchev–Trinajstić information content (AvgIpc) is 3.32. The zero-order valence-corrected chi connectivity index (χ0v) is 16.4. The van der Waals surface area contributed by atoms with Gasteiger partial charge in [0, 0.05) is 44.1 Å². The van der Waals surface area contributed by atoms with E-state index in [2.05, 4.69) is 21.5 Å². The number of nitrogens with one attached hydrogen (secondary N) is 1. The quantitative estimate of drug-likeness (QED) is 0.633. The molecule has 1 aliphatic heterocycles. The highest BCUT2D eigenvalue weighted by Gasteiger charge is 2.40. The van der Waals surface area contributed by atoms with Crippen molar-refractivity contribution in [1.82, 2.24) is 14.8 Å². The van der Waals surface area contributed by atoms with Crippen molar-refractivity contribution >= 4 is 46.3 Å². The first-order chi connectivity index (χ1) is 13.1. The van der Waals surface area contributed by atoms with E-state index in [4.69, 9.17) is 23.2 Å². The van der Waals surface area contributed by atoms with Crippen LogP contribution in [0.4, 0.5) is 5.95 Å². The number of nitrogens with zero attached hydrogens (tertiary/aromatic N) is 3. The normalized spacial score (nSPS) is 21.6. The molecule has 5 rings (SSSR count). The molecule has 0 amide bonds. The number of carbonyl (C=O) groups is 1. The van der Waals surface area contributed by atoms with E-state index >= 15 is 0 Å². The van der Waals surface area contributed by atoms with Crippen LogP contribution in [-0.4, -0.2) is 20.5 Å². The Morgan fingerprint density at radius 2 is 2.11 bits per heavy atom. The number of hydrogen-bond acceptors (Lipinski definition) is 5. The average molecular weight is 417 g/mol. The van der Waals surface area contributed by atoms with Crippen molar-refractivity contribution in [3.63, 3.8) is 0 Å². The van der Waals surface area contributed by atoms with Gasteiger partial charge in [-0.3, -0.25) is 4.79 Å². The van der Waals surface area contributed by atoms with E-state index < -0.39 is 6.04 Å². The minimum atomic E-state index is -0.402. The van der Waals surface area contributed by atoms with Crippen molar-refractivity contribution < 1.29 is 4.79 Å². The molecule has 0 saturated heterocycles. The molecule has 2 aliphatic rings. The summed E-state index contributed by atoms with van der Waals surface area (Å²) in [6, 6.07) is 9.04. The van der Waals surface area contributed by atoms with Gasteiger partial charge in [-0.1, -0.05) is 35.3 Å². The largest absolute Gasteiger partial charge is 0.328 e. The van der Waals surface area contributed by atoms with Gasteiger partial charge in [0.1, 0.15) is 12.4 Å². The summed E-state index contributed by atoms with van der Waals surface area (Å²) in [5, 5.41) is 10.8. The predicted molar refractivity (Wildman–Crippen MR) is 107 cm³/mol. The molecule has 27 heavy (non-hydrogen) atoms. The third-order valence-electron chi connectivity index (χ3n) is 5.06. The van der Waals surface area contributed by atoms with E-state index in [-0.39, 0.29) is 11.7 Å². The zero-order chi connectivity index (χ0) is 18.5. The van der Waals surface area contributed by atoms with Gasteiger partial charge in [0.15, 0.2) is 5.78 Å². The second-order valence-electron chi connectivity index (χ2n) is 6.66. The lowest BCUT2D eigenvalue weighted by Crippen LogP contribution is -2.33. The number of hydrogen-bond donors (Lipinski definition) is 1. The maximum atomic E-state index is 13.2. The lowest BCUT2D eigenvalue weighted by molar-refractivity contribution is -0.116. The number of benzene rings is 1. The SMILES string of the molecule is O=C1C[C@@H](c2cccs2)CC2=C1[C@@H](c1ccc(Cl)cc1Cl)n1ncnc1N2. The smallest absolute Gasteiger partial charge is 0.226 e. The first kappa shape index (κ1) is 17.0. The molecule has 0 bridgehead atoms. The third kappa shape index (κ3) is 2.79. The van der Waals surface area contributed by atoms with Crippen molar-refractivity contribution in [2.45, 2.75) is 24.8 Å². The molecule has 5 nitrogen and oxygen atoms in total. The molecule has 1 aromatic carbocycles. The van der Waals surface area contributed by atoms with Crippen LogP contribution in [0.1, 0.15) is 35.2 Å². The fourth-order valence-electron chi connectivity index (χ4n) is 3.89. The van der Waals surface area contributed by atoms with Gasteiger partial charge in [0.2, 0.25) is 5.95 Å². The first-order valence-electron chi connectivity index (χ1n) is 8.53. The van der Waals surface area contributed by atoms with Crippen molar-refractivity contribution in [2.75, 3.05) is 5.32 Å². The van der Waals surface area contributed by atoms with Crippen LogP contribution in [0.5, 0.6) is 0 Å². The second-order valence-corrected chi connectivity index (χ2v) is 8.48. The fraction of sp³-hybridized carbons (Fsp3) is 0.211. The van der Waals surface area contributed by atoms with Crippen molar-refractivity contribution in [3.8, 4) is 0 Å². The Labute approximate surface area is 169 Å². The van der Waals surface area contributed by atoms with Crippen molar-refractivity contribution in [2.24, 2.45) is 0 Å². The Morgan fingerprint density at radius 1 is 1.22 bits per heavy atom. The molecule has 1 N–H and O–H groups in total. The highest BCUT2D eigenvalue weighted by molar-refractivity contribution is 7.10. The first-order valence-corrected chi connectivity index (χ1v) is 10.2. The molecule has 0 spiro atoms. The highest BCUT2D eigenvalue weighted by Crippen LogP contribution is 2.45. The van der Waals surface area contributed by atoms with Crippen LogP contribution in [0, 0.1) is 0 Å². The van der Waals surface area contributed by atoms with E-state index in [1.807, 2.05) is 17.5 Å². The number of thiophene rings is 1. The molecule has 1 aliphatic carbocycles. The molecule has 3 aromatic rings. The summed E-state index contributed by atoms with van der Waals surface area (Å²) in [5.41, 5.74) is 2.41. The molecule has 3 heterocycles. The maximum absolute atomic E-state index is 13.2. The van der Waals surface area contributed by atoms with E-state index in [1.54, 1.807) is 28.2 Å². The lowest BCUT2D eigenvalue weighted by atomic mass is 9.80. The monoisotopic (exact) mass is 416 g/mol. The van der Waals surface area contributed by atoms with Gasteiger partial charge in [-0.2, -0.15) is 10.1 Å². The minimum Gasteiger partial charge on any atom is -0.328 e.